The summed E-state index contributed by atoms with van der Waals surface area (Å²) in [7, 11) is 0. The van der Waals surface area contributed by atoms with Gasteiger partial charge in [0, 0.05) is 18.4 Å². The van der Waals surface area contributed by atoms with Crippen molar-refractivity contribution in [3.63, 3.8) is 0 Å². The van der Waals surface area contributed by atoms with Gasteiger partial charge in [0.15, 0.2) is 0 Å². The summed E-state index contributed by atoms with van der Waals surface area (Å²) in [6.07, 6.45) is 1.70. The Morgan fingerprint density at radius 1 is 1.21 bits per heavy atom. The van der Waals surface area contributed by atoms with Crippen molar-refractivity contribution in [3.05, 3.63) is 40.7 Å². The smallest absolute Gasteiger partial charge is 0.259 e. The van der Waals surface area contributed by atoms with E-state index in [1.165, 1.54) is 0 Å². The van der Waals surface area contributed by atoms with Gasteiger partial charge in [-0.1, -0.05) is 18.2 Å². The number of carbonyl (C=O) groups excluding carboxylic acids is 1. The number of anilines is 1. The van der Waals surface area contributed by atoms with Crippen LogP contribution < -0.4 is 17.0 Å². The van der Waals surface area contributed by atoms with Crippen LogP contribution in [0.25, 0.3) is 10.8 Å². The summed E-state index contributed by atoms with van der Waals surface area (Å²) in [6.45, 7) is 0.503. The average molecular weight is 259 g/mol. The fraction of sp³-hybridized carbons (Fsp3) is 0.286. The van der Waals surface area contributed by atoms with E-state index in [0.717, 1.165) is 5.39 Å². The number of hydrogen-bond donors (Lipinski definition) is 2. The third-order valence-corrected chi connectivity index (χ3v) is 3.11. The molecule has 5 nitrogen and oxygen atoms in total. The van der Waals surface area contributed by atoms with Crippen LogP contribution >= 0.6 is 0 Å². The number of amides is 1. The van der Waals surface area contributed by atoms with Crippen LogP contribution in [0.5, 0.6) is 0 Å². The Morgan fingerprint density at radius 2 is 1.95 bits per heavy atom. The van der Waals surface area contributed by atoms with Gasteiger partial charge in [-0.2, -0.15) is 0 Å². The number of benzene rings is 1. The van der Waals surface area contributed by atoms with Crippen molar-refractivity contribution in [2.75, 3.05) is 5.73 Å². The highest BCUT2D eigenvalue weighted by atomic mass is 16.1. The standard InChI is InChI=1S/C14H17N3O2/c15-12-9-10-5-1-2-6-11(10)14(19)17(12)8-4-3-7-13(16)18/h1-2,5-6,9H,3-4,7-8,15H2,(H2,16,18). The Kier molecular flexibility index (Phi) is 3.85. The molecule has 1 aromatic carbocycles. The molecule has 0 bridgehead atoms. The van der Waals surface area contributed by atoms with Crippen molar-refractivity contribution in [1.82, 2.24) is 4.57 Å². The lowest BCUT2D eigenvalue weighted by molar-refractivity contribution is -0.118. The summed E-state index contributed by atoms with van der Waals surface area (Å²) in [6, 6.07) is 9.15. The third kappa shape index (κ3) is 2.93. The second kappa shape index (κ2) is 5.56. The zero-order valence-corrected chi connectivity index (χ0v) is 10.6. The molecule has 0 unspecified atom stereocenters. The van der Waals surface area contributed by atoms with E-state index >= 15 is 0 Å². The predicted molar refractivity (Wildman–Crippen MR) is 75.7 cm³/mol. The predicted octanol–water partition coefficient (Wildman–Crippen LogP) is 1.24. The van der Waals surface area contributed by atoms with Gasteiger partial charge in [-0.15, -0.1) is 0 Å². The van der Waals surface area contributed by atoms with E-state index in [9.17, 15) is 9.59 Å². The second-order valence-electron chi connectivity index (χ2n) is 4.54. The van der Waals surface area contributed by atoms with Crippen molar-refractivity contribution in [2.24, 2.45) is 5.73 Å². The van der Waals surface area contributed by atoms with Gasteiger partial charge in [0.25, 0.3) is 5.56 Å². The Hall–Kier alpha value is -2.30. The van der Waals surface area contributed by atoms with Crippen LogP contribution in [-0.2, 0) is 11.3 Å². The Labute approximate surface area is 110 Å². The van der Waals surface area contributed by atoms with Gasteiger partial charge in [0.1, 0.15) is 5.82 Å². The molecular formula is C14H17N3O2. The van der Waals surface area contributed by atoms with Gasteiger partial charge in [-0.25, -0.2) is 0 Å². The molecule has 1 heterocycles. The molecule has 4 N–H and O–H groups in total. The highest BCUT2D eigenvalue weighted by Crippen LogP contribution is 2.13. The fourth-order valence-corrected chi connectivity index (χ4v) is 2.12. The number of fused-ring (bicyclic) bond motifs is 1. The molecule has 1 aromatic heterocycles. The van der Waals surface area contributed by atoms with E-state index in [1.807, 2.05) is 18.2 Å². The maximum absolute atomic E-state index is 12.3. The number of unbranched alkanes of at least 4 members (excludes halogenated alkanes) is 1. The first kappa shape index (κ1) is 13.1. The molecule has 100 valence electrons. The zero-order valence-electron chi connectivity index (χ0n) is 10.6. The minimum atomic E-state index is -0.321. The zero-order chi connectivity index (χ0) is 13.8. The molecule has 0 aliphatic carbocycles. The molecule has 0 aliphatic heterocycles. The lowest BCUT2D eigenvalue weighted by Crippen LogP contribution is -2.23. The maximum Gasteiger partial charge on any atom is 0.259 e. The molecule has 19 heavy (non-hydrogen) atoms. The number of rotatable bonds is 5. The lowest BCUT2D eigenvalue weighted by Gasteiger charge is -2.10. The molecule has 2 aromatic rings. The SMILES string of the molecule is NC(=O)CCCCn1c(N)cc2ccccc2c1=O. The maximum atomic E-state index is 12.3. The van der Waals surface area contributed by atoms with E-state index in [2.05, 4.69) is 0 Å². The van der Waals surface area contributed by atoms with Gasteiger partial charge in [-0.05, 0) is 30.4 Å². The average Bonchev–Trinajstić information content (AvgIpc) is 2.37. The Morgan fingerprint density at radius 3 is 2.68 bits per heavy atom. The number of primary amides is 1. The monoisotopic (exact) mass is 259 g/mol. The molecule has 0 fully saturated rings. The van der Waals surface area contributed by atoms with Crippen molar-refractivity contribution in [2.45, 2.75) is 25.8 Å². The largest absolute Gasteiger partial charge is 0.385 e. The lowest BCUT2D eigenvalue weighted by atomic mass is 10.1. The van der Waals surface area contributed by atoms with Crippen LogP contribution in [0.15, 0.2) is 35.1 Å². The number of pyridine rings is 1. The summed E-state index contributed by atoms with van der Waals surface area (Å²) in [5.41, 5.74) is 10.9. The first-order valence-corrected chi connectivity index (χ1v) is 6.26. The molecule has 0 spiro atoms. The number of nitrogens with zero attached hydrogens (tertiary/aromatic N) is 1. The van der Waals surface area contributed by atoms with Gasteiger partial charge >= 0.3 is 0 Å². The van der Waals surface area contributed by atoms with Crippen molar-refractivity contribution in [1.29, 1.82) is 0 Å². The summed E-state index contributed by atoms with van der Waals surface area (Å²) < 4.78 is 1.54. The van der Waals surface area contributed by atoms with Gasteiger partial charge in [0.2, 0.25) is 5.91 Å². The van der Waals surface area contributed by atoms with Crippen LogP contribution in [0, 0.1) is 0 Å². The quantitative estimate of drug-likeness (QED) is 0.791. The summed E-state index contributed by atoms with van der Waals surface area (Å²) in [5, 5.41) is 1.50. The van der Waals surface area contributed by atoms with Gasteiger partial charge in [0.05, 0.1) is 0 Å². The van der Waals surface area contributed by atoms with Crippen LogP contribution in [0.2, 0.25) is 0 Å². The van der Waals surface area contributed by atoms with Crippen LogP contribution in [0.1, 0.15) is 19.3 Å². The number of hydrogen-bond acceptors (Lipinski definition) is 3. The van der Waals surface area contributed by atoms with Crippen LogP contribution in [0.4, 0.5) is 5.82 Å². The van der Waals surface area contributed by atoms with E-state index in [1.54, 1.807) is 16.7 Å². The summed E-state index contributed by atoms with van der Waals surface area (Å²) in [5.74, 6) is 0.126. The van der Waals surface area contributed by atoms with E-state index in [0.29, 0.717) is 37.0 Å². The van der Waals surface area contributed by atoms with Crippen molar-refractivity contribution in [3.8, 4) is 0 Å². The molecule has 0 radical (unpaired) electrons. The van der Waals surface area contributed by atoms with Crippen molar-refractivity contribution < 1.29 is 4.79 Å². The van der Waals surface area contributed by atoms with Crippen molar-refractivity contribution >= 4 is 22.5 Å². The number of carbonyl (C=O) groups is 1. The van der Waals surface area contributed by atoms with Crippen LogP contribution in [0.3, 0.4) is 0 Å². The molecule has 5 heteroatoms. The number of nitrogens with two attached hydrogens (primary N) is 2. The highest BCUT2D eigenvalue weighted by molar-refractivity contribution is 5.83. The van der Waals surface area contributed by atoms with E-state index in [4.69, 9.17) is 11.5 Å². The first-order valence-electron chi connectivity index (χ1n) is 6.26. The van der Waals surface area contributed by atoms with E-state index < -0.39 is 0 Å². The molecule has 0 atom stereocenters. The highest BCUT2D eigenvalue weighted by Gasteiger charge is 2.06. The number of nitrogen functional groups attached to an aromatic ring is 1. The van der Waals surface area contributed by atoms with Gasteiger partial charge < -0.3 is 11.5 Å². The molecule has 1 amide bonds. The molecular weight excluding hydrogens is 242 g/mol. The molecule has 2 rings (SSSR count). The normalized spacial score (nSPS) is 10.7. The topological polar surface area (TPSA) is 91.1 Å². The number of aromatic nitrogens is 1. The fourth-order valence-electron chi connectivity index (χ4n) is 2.12. The van der Waals surface area contributed by atoms with E-state index in [-0.39, 0.29) is 11.5 Å². The minimum Gasteiger partial charge on any atom is -0.385 e. The molecule has 0 aliphatic rings. The Bertz CT molecular complexity index is 661. The summed E-state index contributed by atoms with van der Waals surface area (Å²) >= 11 is 0. The molecule has 0 saturated heterocycles. The van der Waals surface area contributed by atoms with Gasteiger partial charge in [-0.3, -0.25) is 14.2 Å². The third-order valence-electron chi connectivity index (χ3n) is 3.11. The molecule has 0 saturated carbocycles. The van der Waals surface area contributed by atoms with Crippen LogP contribution in [-0.4, -0.2) is 10.5 Å². The Balaban J connectivity index is 2.23. The summed E-state index contributed by atoms with van der Waals surface area (Å²) in [4.78, 5) is 22.9. The second-order valence-corrected chi connectivity index (χ2v) is 4.54. The minimum absolute atomic E-state index is 0.0883. The first-order chi connectivity index (χ1) is 9.09.